The van der Waals surface area contributed by atoms with Crippen LogP contribution in [-0.2, 0) is 4.74 Å². The molecule has 0 aromatic carbocycles. The highest BCUT2D eigenvalue weighted by atomic mass is 16.5. The zero-order valence-electron chi connectivity index (χ0n) is 4.85. The van der Waals surface area contributed by atoms with Crippen LogP contribution in [-0.4, -0.2) is 21.8 Å². The van der Waals surface area contributed by atoms with Crippen molar-refractivity contribution in [3.8, 4) is 0 Å². The standard InChI is InChI=1S/C4H11NO.B/c1-3-4(5)6-2;/h4H,3,5H2,1-2H3;. The summed E-state index contributed by atoms with van der Waals surface area (Å²) in [7, 11) is 1.61. The van der Waals surface area contributed by atoms with Crippen LogP contribution in [0.3, 0.4) is 0 Å². The summed E-state index contributed by atoms with van der Waals surface area (Å²) in [6, 6.07) is 0. The molecule has 0 amide bonds. The van der Waals surface area contributed by atoms with Crippen LogP contribution in [0.15, 0.2) is 0 Å². The summed E-state index contributed by atoms with van der Waals surface area (Å²) >= 11 is 0. The molecule has 41 valence electrons. The summed E-state index contributed by atoms with van der Waals surface area (Å²) in [4.78, 5) is 0. The van der Waals surface area contributed by atoms with Crippen molar-refractivity contribution >= 4 is 8.41 Å². The van der Waals surface area contributed by atoms with E-state index in [9.17, 15) is 0 Å². The molecule has 0 fully saturated rings. The molecule has 0 bridgehead atoms. The number of hydrogen-bond donors (Lipinski definition) is 1. The minimum absolute atomic E-state index is 0. The number of ether oxygens (including phenoxy) is 1. The first-order valence-electron chi connectivity index (χ1n) is 2.09. The zero-order valence-corrected chi connectivity index (χ0v) is 4.85. The van der Waals surface area contributed by atoms with Crippen molar-refractivity contribution in [3.05, 3.63) is 0 Å². The van der Waals surface area contributed by atoms with E-state index in [1.54, 1.807) is 7.11 Å². The molecule has 2 nitrogen and oxygen atoms in total. The van der Waals surface area contributed by atoms with Crippen molar-refractivity contribution in [2.75, 3.05) is 7.11 Å². The van der Waals surface area contributed by atoms with Gasteiger partial charge in [0.15, 0.2) is 0 Å². The Morgan fingerprint density at radius 3 is 2.14 bits per heavy atom. The third kappa shape index (κ3) is 5.98. The number of nitrogens with two attached hydrogens (primary N) is 1. The van der Waals surface area contributed by atoms with Crippen LogP contribution >= 0.6 is 0 Å². The van der Waals surface area contributed by atoms with Crippen LogP contribution in [0.25, 0.3) is 0 Å². The molecule has 0 rings (SSSR count). The van der Waals surface area contributed by atoms with Crippen molar-refractivity contribution in [1.29, 1.82) is 0 Å². The zero-order chi connectivity index (χ0) is 4.99. The number of methoxy groups -OCH3 is 1. The lowest BCUT2D eigenvalue weighted by atomic mass is 10.4. The minimum Gasteiger partial charge on any atom is -0.367 e. The lowest BCUT2D eigenvalue weighted by Gasteiger charge is -2.01. The van der Waals surface area contributed by atoms with Crippen LogP contribution in [0.5, 0.6) is 0 Å². The van der Waals surface area contributed by atoms with E-state index in [-0.39, 0.29) is 14.6 Å². The second kappa shape index (κ2) is 5.98. The fourth-order valence-corrected chi connectivity index (χ4v) is 0.167. The largest absolute Gasteiger partial charge is 0.367 e. The van der Waals surface area contributed by atoms with Crippen LogP contribution in [0.2, 0.25) is 0 Å². The molecule has 0 aliphatic rings. The van der Waals surface area contributed by atoms with Gasteiger partial charge >= 0.3 is 0 Å². The molecular weight excluding hydrogens is 88.9 g/mol. The maximum absolute atomic E-state index is 5.25. The van der Waals surface area contributed by atoms with E-state index in [2.05, 4.69) is 4.74 Å². The lowest BCUT2D eigenvalue weighted by Crippen LogP contribution is -2.19. The number of hydrogen-bond acceptors (Lipinski definition) is 2. The van der Waals surface area contributed by atoms with Crippen LogP contribution in [0.1, 0.15) is 13.3 Å². The third-order valence-electron chi connectivity index (χ3n) is 0.705. The van der Waals surface area contributed by atoms with E-state index in [4.69, 9.17) is 5.73 Å². The molecule has 3 radical (unpaired) electrons. The van der Waals surface area contributed by atoms with Gasteiger partial charge in [0, 0.05) is 15.5 Å². The minimum atomic E-state index is -0.0648. The molecule has 1 atom stereocenters. The van der Waals surface area contributed by atoms with Gasteiger partial charge in [0.2, 0.25) is 0 Å². The van der Waals surface area contributed by atoms with E-state index in [0.717, 1.165) is 6.42 Å². The molecule has 2 N–H and O–H groups in total. The number of rotatable bonds is 2. The first-order chi connectivity index (χ1) is 2.81. The fourth-order valence-electron chi connectivity index (χ4n) is 0.167. The maximum atomic E-state index is 5.25. The normalized spacial score (nSPS) is 12.4. The smallest absolute Gasteiger partial charge is 0.104 e. The average molecular weight is 99.9 g/mol. The van der Waals surface area contributed by atoms with Gasteiger partial charge in [0.1, 0.15) is 6.23 Å². The Bertz CT molecular complexity index is 30.9. The average Bonchev–Trinajstić information content (AvgIpc) is 1.65. The van der Waals surface area contributed by atoms with E-state index in [1.165, 1.54) is 0 Å². The van der Waals surface area contributed by atoms with E-state index in [1.807, 2.05) is 6.92 Å². The van der Waals surface area contributed by atoms with Crippen molar-refractivity contribution in [3.63, 3.8) is 0 Å². The van der Waals surface area contributed by atoms with Crippen molar-refractivity contribution in [2.24, 2.45) is 5.73 Å². The molecule has 0 saturated carbocycles. The van der Waals surface area contributed by atoms with Crippen molar-refractivity contribution in [1.82, 2.24) is 0 Å². The SMILES string of the molecule is CCC(N)OC.[B]. The summed E-state index contributed by atoms with van der Waals surface area (Å²) in [6.45, 7) is 1.98. The Labute approximate surface area is 46.6 Å². The Morgan fingerprint density at radius 1 is 1.71 bits per heavy atom. The van der Waals surface area contributed by atoms with Gasteiger partial charge in [0.05, 0.1) is 0 Å². The summed E-state index contributed by atoms with van der Waals surface area (Å²) in [5, 5.41) is 0. The lowest BCUT2D eigenvalue weighted by molar-refractivity contribution is 0.105. The molecule has 0 aliphatic heterocycles. The van der Waals surface area contributed by atoms with Crippen molar-refractivity contribution < 1.29 is 4.74 Å². The van der Waals surface area contributed by atoms with Crippen molar-refractivity contribution in [2.45, 2.75) is 19.6 Å². The van der Waals surface area contributed by atoms with Gasteiger partial charge in [-0.25, -0.2) is 0 Å². The molecule has 1 unspecified atom stereocenters. The van der Waals surface area contributed by atoms with Gasteiger partial charge < -0.3 is 10.5 Å². The van der Waals surface area contributed by atoms with E-state index in [0.29, 0.717) is 0 Å². The van der Waals surface area contributed by atoms with Gasteiger partial charge in [0.25, 0.3) is 0 Å². The Kier molecular flexibility index (Phi) is 8.61. The predicted molar refractivity (Wildman–Crippen MR) is 31.0 cm³/mol. The maximum Gasteiger partial charge on any atom is 0.104 e. The Balaban J connectivity index is 0. The first kappa shape index (κ1) is 10.1. The second-order valence-corrected chi connectivity index (χ2v) is 1.18. The highest BCUT2D eigenvalue weighted by molar-refractivity contribution is 5.75. The summed E-state index contributed by atoms with van der Waals surface area (Å²) in [5.41, 5.74) is 5.25. The second-order valence-electron chi connectivity index (χ2n) is 1.18. The predicted octanol–water partition coefficient (Wildman–Crippen LogP) is -0.0532. The van der Waals surface area contributed by atoms with Gasteiger partial charge in [-0.15, -0.1) is 0 Å². The molecule has 0 aromatic rings. The van der Waals surface area contributed by atoms with Crippen LogP contribution < -0.4 is 5.73 Å². The first-order valence-corrected chi connectivity index (χ1v) is 2.09. The molecule has 0 saturated heterocycles. The quantitative estimate of drug-likeness (QED) is 0.390. The summed E-state index contributed by atoms with van der Waals surface area (Å²) in [5.74, 6) is 0. The molecule has 0 heterocycles. The van der Waals surface area contributed by atoms with Gasteiger partial charge in [-0.1, -0.05) is 6.92 Å². The molecule has 3 heteroatoms. The van der Waals surface area contributed by atoms with E-state index >= 15 is 0 Å². The third-order valence-corrected chi connectivity index (χ3v) is 0.705. The highest BCUT2D eigenvalue weighted by Gasteiger charge is 1.88. The Hall–Kier alpha value is -0.0151. The highest BCUT2D eigenvalue weighted by Crippen LogP contribution is 1.81. The molecule has 7 heavy (non-hydrogen) atoms. The fraction of sp³-hybridized carbons (Fsp3) is 1.00. The molecule has 0 aliphatic carbocycles. The monoisotopic (exact) mass is 100 g/mol. The topological polar surface area (TPSA) is 35.2 Å². The van der Waals surface area contributed by atoms with Crippen LogP contribution in [0, 0.1) is 0 Å². The van der Waals surface area contributed by atoms with Gasteiger partial charge in [-0.2, -0.15) is 0 Å². The van der Waals surface area contributed by atoms with E-state index < -0.39 is 0 Å². The molecule has 0 spiro atoms. The summed E-state index contributed by atoms with van der Waals surface area (Å²) < 4.78 is 4.68. The summed E-state index contributed by atoms with van der Waals surface area (Å²) in [6.07, 6.45) is 0.821. The van der Waals surface area contributed by atoms with Gasteiger partial charge in [-0.05, 0) is 6.42 Å². The molecular formula is C4H11BNO. The Morgan fingerprint density at radius 2 is 2.14 bits per heavy atom. The molecule has 0 aromatic heterocycles. The van der Waals surface area contributed by atoms with Gasteiger partial charge in [-0.3, -0.25) is 0 Å². The van der Waals surface area contributed by atoms with Crippen LogP contribution in [0.4, 0.5) is 0 Å².